The maximum atomic E-state index is 3.48. The van der Waals surface area contributed by atoms with Gasteiger partial charge in [-0.3, -0.25) is 0 Å². The van der Waals surface area contributed by atoms with E-state index in [2.05, 4.69) is 82.1 Å². The van der Waals surface area contributed by atoms with Crippen LogP contribution in [0, 0.1) is 5.41 Å². The molecule has 21 heavy (non-hydrogen) atoms. The van der Waals surface area contributed by atoms with E-state index in [9.17, 15) is 0 Å². The van der Waals surface area contributed by atoms with Gasteiger partial charge in [0.25, 0.3) is 0 Å². The molecule has 0 saturated heterocycles. The number of anilines is 1. The van der Waals surface area contributed by atoms with Crippen molar-refractivity contribution in [2.24, 2.45) is 5.41 Å². The van der Waals surface area contributed by atoms with Gasteiger partial charge in [-0.25, -0.2) is 0 Å². The summed E-state index contributed by atoms with van der Waals surface area (Å²) < 4.78 is 0. The minimum Gasteiger partial charge on any atom is -0.384 e. The molecule has 1 N–H and O–H groups in total. The third-order valence-corrected chi connectivity index (χ3v) is 3.30. The molecule has 0 bridgehead atoms. The Morgan fingerprint density at radius 3 is 2.43 bits per heavy atom. The van der Waals surface area contributed by atoms with Crippen LogP contribution in [0.4, 0.5) is 5.69 Å². The van der Waals surface area contributed by atoms with Crippen molar-refractivity contribution in [2.45, 2.75) is 47.5 Å². The van der Waals surface area contributed by atoms with Crippen LogP contribution >= 0.6 is 0 Å². The minimum absolute atomic E-state index is 0.0909. The van der Waals surface area contributed by atoms with Crippen LogP contribution in [-0.4, -0.2) is 6.54 Å². The van der Waals surface area contributed by atoms with Crippen molar-refractivity contribution in [1.29, 1.82) is 0 Å². The second kappa shape index (κ2) is 8.54. The van der Waals surface area contributed by atoms with Gasteiger partial charge in [-0.1, -0.05) is 43.7 Å². The van der Waals surface area contributed by atoms with E-state index < -0.39 is 0 Å². The van der Waals surface area contributed by atoms with E-state index in [4.69, 9.17) is 0 Å². The van der Waals surface area contributed by atoms with Crippen molar-refractivity contribution >= 4 is 5.69 Å². The Morgan fingerprint density at radius 2 is 1.81 bits per heavy atom. The fourth-order valence-corrected chi connectivity index (χ4v) is 1.90. The standard InChI is InChI=1S/C20H29N/c1-17(2)10-9-11-18(3)14-15-20(4,5)16-21-19-12-7-6-8-13-19/h6-8,10,12-13,15,21H,9,11,16H2,1-5H3. The van der Waals surface area contributed by atoms with Crippen molar-refractivity contribution < 1.29 is 0 Å². The van der Waals surface area contributed by atoms with Gasteiger partial charge < -0.3 is 5.32 Å². The SMILES string of the molecule is CC(=C=CC(C)(C)CNc1ccccc1)CCC=C(C)C. The van der Waals surface area contributed by atoms with E-state index in [1.165, 1.54) is 16.8 Å². The van der Waals surface area contributed by atoms with Gasteiger partial charge in [-0.2, -0.15) is 0 Å². The third kappa shape index (κ3) is 8.22. The van der Waals surface area contributed by atoms with Crippen LogP contribution < -0.4 is 5.32 Å². The lowest BCUT2D eigenvalue weighted by atomic mass is 9.93. The summed E-state index contributed by atoms with van der Waals surface area (Å²) in [7, 11) is 0. The molecule has 1 aromatic rings. The number of allylic oxidation sites excluding steroid dienone is 2. The maximum absolute atomic E-state index is 3.48. The summed E-state index contributed by atoms with van der Waals surface area (Å²) in [5, 5.41) is 3.48. The highest BCUT2D eigenvalue weighted by Crippen LogP contribution is 2.18. The predicted molar refractivity (Wildman–Crippen MR) is 94.6 cm³/mol. The number of hydrogen-bond donors (Lipinski definition) is 1. The Kier molecular flexibility index (Phi) is 7.05. The zero-order chi connectivity index (χ0) is 15.7. The highest BCUT2D eigenvalue weighted by Gasteiger charge is 2.13. The van der Waals surface area contributed by atoms with Crippen LogP contribution in [0.25, 0.3) is 0 Å². The molecule has 0 aliphatic rings. The van der Waals surface area contributed by atoms with Crippen LogP contribution in [0.15, 0.2) is 59.4 Å². The molecule has 0 aliphatic carbocycles. The summed E-state index contributed by atoms with van der Waals surface area (Å²) in [6.07, 6.45) is 6.68. The van der Waals surface area contributed by atoms with Crippen molar-refractivity contribution in [2.75, 3.05) is 11.9 Å². The van der Waals surface area contributed by atoms with Gasteiger partial charge in [-0.05, 0) is 57.4 Å². The molecule has 1 heteroatoms. The van der Waals surface area contributed by atoms with E-state index >= 15 is 0 Å². The van der Waals surface area contributed by atoms with Gasteiger partial charge in [-0.15, -0.1) is 5.73 Å². The monoisotopic (exact) mass is 283 g/mol. The largest absolute Gasteiger partial charge is 0.384 e. The van der Waals surface area contributed by atoms with E-state index in [0.29, 0.717) is 0 Å². The lowest BCUT2D eigenvalue weighted by Gasteiger charge is -2.20. The average molecular weight is 283 g/mol. The van der Waals surface area contributed by atoms with Gasteiger partial charge >= 0.3 is 0 Å². The predicted octanol–water partition coefficient (Wildman–Crippen LogP) is 5.97. The summed E-state index contributed by atoms with van der Waals surface area (Å²) in [5.41, 5.74) is 7.42. The molecular formula is C20H29N. The van der Waals surface area contributed by atoms with Crippen molar-refractivity contribution in [3.8, 4) is 0 Å². The molecule has 0 atom stereocenters. The Hall–Kier alpha value is -1.72. The molecule has 0 radical (unpaired) electrons. The second-order valence-electron chi connectivity index (χ2n) is 6.60. The van der Waals surface area contributed by atoms with Crippen LogP contribution in [-0.2, 0) is 0 Å². The number of hydrogen-bond acceptors (Lipinski definition) is 1. The van der Waals surface area contributed by atoms with E-state index in [1.54, 1.807) is 0 Å². The molecule has 0 aliphatic heterocycles. The first-order valence-corrected chi connectivity index (χ1v) is 7.75. The lowest BCUT2D eigenvalue weighted by Crippen LogP contribution is -2.20. The van der Waals surface area contributed by atoms with Crippen molar-refractivity contribution in [1.82, 2.24) is 0 Å². The summed E-state index contributed by atoms with van der Waals surface area (Å²) >= 11 is 0. The number of para-hydroxylation sites is 1. The molecule has 114 valence electrons. The quantitative estimate of drug-likeness (QED) is 0.480. The zero-order valence-corrected chi connectivity index (χ0v) is 14.2. The number of rotatable bonds is 7. The van der Waals surface area contributed by atoms with Gasteiger partial charge in [0.2, 0.25) is 0 Å². The molecule has 0 spiro atoms. The molecule has 0 fully saturated rings. The van der Waals surface area contributed by atoms with Crippen molar-refractivity contribution in [3.05, 3.63) is 59.4 Å². The van der Waals surface area contributed by atoms with Gasteiger partial charge in [0.15, 0.2) is 0 Å². The molecule has 0 saturated carbocycles. The minimum atomic E-state index is 0.0909. The van der Waals surface area contributed by atoms with Crippen LogP contribution in [0.1, 0.15) is 47.5 Å². The summed E-state index contributed by atoms with van der Waals surface area (Å²) in [5.74, 6) is 0. The van der Waals surface area contributed by atoms with Crippen molar-refractivity contribution in [3.63, 3.8) is 0 Å². The fourth-order valence-electron chi connectivity index (χ4n) is 1.90. The van der Waals surface area contributed by atoms with Gasteiger partial charge in [0.05, 0.1) is 0 Å². The summed E-state index contributed by atoms with van der Waals surface area (Å²) in [6.45, 7) is 11.8. The molecule has 1 nitrogen and oxygen atoms in total. The Balaban J connectivity index is 2.53. The van der Waals surface area contributed by atoms with Crippen LogP contribution in [0.3, 0.4) is 0 Å². The number of benzene rings is 1. The molecular weight excluding hydrogens is 254 g/mol. The molecule has 0 amide bonds. The van der Waals surface area contributed by atoms with Gasteiger partial charge in [0, 0.05) is 17.6 Å². The molecule has 1 aromatic carbocycles. The topological polar surface area (TPSA) is 12.0 Å². The Morgan fingerprint density at radius 1 is 1.14 bits per heavy atom. The smallest absolute Gasteiger partial charge is 0.0340 e. The average Bonchev–Trinajstić information content (AvgIpc) is 2.44. The van der Waals surface area contributed by atoms with E-state index in [1.807, 2.05) is 6.07 Å². The Labute approximate surface area is 130 Å². The first-order valence-electron chi connectivity index (χ1n) is 7.75. The summed E-state index contributed by atoms with van der Waals surface area (Å²) in [6, 6.07) is 10.3. The van der Waals surface area contributed by atoms with Gasteiger partial charge in [0.1, 0.15) is 0 Å². The maximum Gasteiger partial charge on any atom is 0.0340 e. The number of nitrogens with one attached hydrogen (secondary N) is 1. The normalized spacial score (nSPS) is 10.5. The lowest BCUT2D eigenvalue weighted by molar-refractivity contribution is 0.513. The summed E-state index contributed by atoms with van der Waals surface area (Å²) in [4.78, 5) is 0. The molecule has 0 unspecified atom stereocenters. The fraction of sp³-hybridized carbons (Fsp3) is 0.450. The third-order valence-electron chi connectivity index (χ3n) is 3.30. The first-order chi connectivity index (χ1) is 9.89. The highest BCUT2D eigenvalue weighted by molar-refractivity contribution is 5.42. The molecule has 1 rings (SSSR count). The first kappa shape index (κ1) is 17.3. The second-order valence-corrected chi connectivity index (χ2v) is 6.60. The zero-order valence-electron chi connectivity index (χ0n) is 14.2. The molecule has 0 aromatic heterocycles. The highest BCUT2D eigenvalue weighted by atomic mass is 14.9. The van der Waals surface area contributed by atoms with E-state index in [0.717, 1.165) is 19.4 Å². The molecule has 0 heterocycles. The Bertz CT molecular complexity index is 510. The van der Waals surface area contributed by atoms with Crippen LogP contribution in [0.5, 0.6) is 0 Å². The van der Waals surface area contributed by atoms with Crippen LogP contribution in [0.2, 0.25) is 0 Å². The van der Waals surface area contributed by atoms with E-state index in [-0.39, 0.29) is 5.41 Å².